The van der Waals surface area contributed by atoms with Crippen molar-refractivity contribution in [2.24, 2.45) is 5.73 Å². The summed E-state index contributed by atoms with van der Waals surface area (Å²) >= 11 is 0. The Balaban J connectivity index is 2.55. The van der Waals surface area contributed by atoms with Gasteiger partial charge < -0.3 is 10.2 Å². The van der Waals surface area contributed by atoms with Gasteiger partial charge >= 0.3 is 0 Å². The largest absolute Gasteiger partial charge is 0.465 e. The van der Waals surface area contributed by atoms with E-state index in [1.54, 1.807) is 6.26 Å². The molecule has 0 bridgehead atoms. The zero-order valence-corrected chi connectivity index (χ0v) is 5.95. The molecule has 2 nitrogen and oxygen atoms in total. The summed E-state index contributed by atoms with van der Waals surface area (Å²) in [5.41, 5.74) is 5.48. The molecule has 0 aliphatic rings. The Morgan fingerprint density at radius 3 is 3.00 bits per heavy atom. The van der Waals surface area contributed by atoms with Crippen LogP contribution in [0.5, 0.6) is 0 Å². The number of rotatable bonds is 2. The molecule has 0 aromatic carbocycles. The summed E-state index contributed by atoms with van der Waals surface area (Å²) in [6.07, 6.45) is 5.39. The summed E-state index contributed by atoms with van der Waals surface area (Å²) in [6.45, 7) is 1.92. The highest BCUT2D eigenvalue weighted by atomic mass is 16.3. The Morgan fingerprint density at radius 1 is 1.70 bits per heavy atom. The maximum absolute atomic E-state index is 5.48. The third-order valence-corrected chi connectivity index (χ3v) is 1.11. The molecule has 0 radical (unpaired) electrons. The molecule has 0 aliphatic carbocycles. The van der Waals surface area contributed by atoms with Gasteiger partial charge in [0.2, 0.25) is 0 Å². The molecule has 1 unspecified atom stereocenters. The predicted molar refractivity (Wildman–Crippen MR) is 41.4 cm³/mol. The minimum Gasteiger partial charge on any atom is -0.465 e. The first-order valence-corrected chi connectivity index (χ1v) is 3.26. The highest BCUT2D eigenvalue weighted by Gasteiger charge is 1.87. The van der Waals surface area contributed by atoms with Crippen LogP contribution in [-0.4, -0.2) is 6.04 Å². The summed E-state index contributed by atoms with van der Waals surface area (Å²) in [5, 5.41) is 0. The van der Waals surface area contributed by atoms with Gasteiger partial charge in [-0.25, -0.2) is 0 Å². The van der Waals surface area contributed by atoms with Crippen molar-refractivity contribution in [3.05, 3.63) is 30.2 Å². The van der Waals surface area contributed by atoms with Gasteiger partial charge in [0.25, 0.3) is 0 Å². The SMILES string of the molecule is CC(N)/C=C/c1ccco1. The van der Waals surface area contributed by atoms with Gasteiger partial charge in [-0.2, -0.15) is 0 Å². The zero-order chi connectivity index (χ0) is 7.40. The molecule has 1 rings (SSSR count). The average molecular weight is 137 g/mol. The van der Waals surface area contributed by atoms with E-state index < -0.39 is 0 Å². The van der Waals surface area contributed by atoms with E-state index in [0.717, 1.165) is 5.76 Å². The van der Waals surface area contributed by atoms with Crippen LogP contribution in [0, 0.1) is 0 Å². The summed E-state index contributed by atoms with van der Waals surface area (Å²) in [6, 6.07) is 3.82. The van der Waals surface area contributed by atoms with Gasteiger partial charge in [-0.05, 0) is 25.1 Å². The average Bonchev–Trinajstić information content (AvgIpc) is 2.34. The van der Waals surface area contributed by atoms with Crippen molar-refractivity contribution in [2.45, 2.75) is 13.0 Å². The summed E-state index contributed by atoms with van der Waals surface area (Å²) < 4.78 is 5.04. The van der Waals surface area contributed by atoms with E-state index in [0.29, 0.717) is 0 Å². The highest BCUT2D eigenvalue weighted by molar-refractivity contribution is 5.42. The van der Waals surface area contributed by atoms with Crippen LogP contribution in [0.15, 0.2) is 28.9 Å². The molecule has 10 heavy (non-hydrogen) atoms. The van der Waals surface area contributed by atoms with Crippen molar-refractivity contribution >= 4 is 6.08 Å². The van der Waals surface area contributed by atoms with Gasteiger partial charge in [0.1, 0.15) is 5.76 Å². The normalized spacial score (nSPS) is 14.2. The molecule has 1 heterocycles. The highest BCUT2D eigenvalue weighted by Crippen LogP contribution is 2.01. The van der Waals surface area contributed by atoms with Crippen LogP contribution >= 0.6 is 0 Å². The lowest BCUT2D eigenvalue weighted by Crippen LogP contribution is -2.09. The first kappa shape index (κ1) is 7.09. The molecule has 0 saturated heterocycles. The Labute approximate surface area is 60.3 Å². The quantitative estimate of drug-likeness (QED) is 0.673. The van der Waals surface area contributed by atoms with E-state index in [-0.39, 0.29) is 6.04 Å². The monoisotopic (exact) mass is 137 g/mol. The maximum Gasteiger partial charge on any atom is 0.126 e. The van der Waals surface area contributed by atoms with E-state index in [4.69, 9.17) is 10.2 Å². The summed E-state index contributed by atoms with van der Waals surface area (Å²) in [4.78, 5) is 0. The van der Waals surface area contributed by atoms with Crippen molar-refractivity contribution in [3.8, 4) is 0 Å². The fourth-order valence-corrected chi connectivity index (χ4v) is 0.633. The molecule has 2 N–H and O–H groups in total. The van der Waals surface area contributed by atoms with Gasteiger partial charge in [0.05, 0.1) is 6.26 Å². The van der Waals surface area contributed by atoms with E-state index in [1.165, 1.54) is 0 Å². The predicted octanol–water partition coefficient (Wildman–Crippen LogP) is 1.64. The molecule has 0 amide bonds. The van der Waals surface area contributed by atoms with Crippen molar-refractivity contribution in [3.63, 3.8) is 0 Å². The Morgan fingerprint density at radius 2 is 2.50 bits per heavy atom. The van der Waals surface area contributed by atoms with Crippen molar-refractivity contribution in [2.75, 3.05) is 0 Å². The van der Waals surface area contributed by atoms with Crippen molar-refractivity contribution < 1.29 is 4.42 Å². The lowest BCUT2D eigenvalue weighted by atomic mass is 10.3. The maximum atomic E-state index is 5.48. The van der Waals surface area contributed by atoms with Crippen LogP contribution in [0.2, 0.25) is 0 Å². The molecule has 0 spiro atoms. The molecule has 0 fully saturated rings. The Hall–Kier alpha value is -1.02. The smallest absolute Gasteiger partial charge is 0.126 e. The Bertz CT molecular complexity index is 199. The Kier molecular flexibility index (Phi) is 2.29. The number of furan rings is 1. The van der Waals surface area contributed by atoms with Crippen molar-refractivity contribution in [1.82, 2.24) is 0 Å². The van der Waals surface area contributed by atoms with Crippen LogP contribution in [0.25, 0.3) is 6.08 Å². The lowest BCUT2D eigenvalue weighted by Gasteiger charge is -1.91. The molecule has 0 aliphatic heterocycles. The van der Waals surface area contributed by atoms with E-state index in [1.807, 2.05) is 31.2 Å². The van der Waals surface area contributed by atoms with Gasteiger partial charge in [-0.1, -0.05) is 6.08 Å². The lowest BCUT2D eigenvalue weighted by molar-refractivity contribution is 0.556. The standard InChI is InChI=1S/C8H11NO/c1-7(9)4-5-8-3-2-6-10-8/h2-7H,9H2,1H3/b5-4+. The second-order valence-electron chi connectivity index (χ2n) is 2.23. The third kappa shape index (κ3) is 2.07. The van der Waals surface area contributed by atoms with Crippen LogP contribution in [-0.2, 0) is 0 Å². The minimum atomic E-state index is 0.0881. The fourth-order valence-electron chi connectivity index (χ4n) is 0.633. The zero-order valence-electron chi connectivity index (χ0n) is 5.95. The van der Waals surface area contributed by atoms with Gasteiger partial charge in [-0.3, -0.25) is 0 Å². The molecule has 54 valence electrons. The molecule has 1 aromatic rings. The fraction of sp³-hybridized carbons (Fsp3) is 0.250. The van der Waals surface area contributed by atoms with Crippen LogP contribution in [0.4, 0.5) is 0 Å². The number of hydrogen-bond acceptors (Lipinski definition) is 2. The molecular weight excluding hydrogens is 126 g/mol. The summed E-state index contributed by atoms with van der Waals surface area (Å²) in [5.74, 6) is 0.845. The van der Waals surface area contributed by atoms with E-state index >= 15 is 0 Å². The first-order chi connectivity index (χ1) is 4.79. The number of nitrogens with two attached hydrogens (primary N) is 1. The van der Waals surface area contributed by atoms with Gasteiger partial charge in [-0.15, -0.1) is 0 Å². The van der Waals surface area contributed by atoms with Gasteiger partial charge in [0.15, 0.2) is 0 Å². The minimum absolute atomic E-state index is 0.0881. The molecule has 1 aromatic heterocycles. The van der Waals surface area contributed by atoms with Crippen LogP contribution < -0.4 is 5.73 Å². The van der Waals surface area contributed by atoms with E-state index in [2.05, 4.69) is 0 Å². The third-order valence-electron chi connectivity index (χ3n) is 1.11. The molecule has 1 atom stereocenters. The van der Waals surface area contributed by atoms with Gasteiger partial charge in [0, 0.05) is 6.04 Å². The summed E-state index contributed by atoms with van der Waals surface area (Å²) in [7, 11) is 0. The number of hydrogen-bond donors (Lipinski definition) is 1. The second-order valence-corrected chi connectivity index (χ2v) is 2.23. The van der Waals surface area contributed by atoms with Crippen LogP contribution in [0.3, 0.4) is 0 Å². The molecular formula is C8H11NO. The molecule has 2 heteroatoms. The second kappa shape index (κ2) is 3.22. The van der Waals surface area contributed by atoms with Crippen LogP contribution in [0.1, 0.15) is 12.7 Å². The molecule has 0 saturated carbocycles. The van der Waals surface area contributed by atoms with Crippen molar-refractivity contribution in [1.29, 1.82) is 0 Å². The van der Waals surface area contributed by atoms with E-state index in [9.17, 15) is 0 Å². The first-order valence-electron chi connectivity index (χ1n) is 3.26. The topological polar surface area (TPSA) is 39.2 Å².